The molecule has 4 fully saturated rings. The molecule has 0 aromatic carbocycles. The number of rotatable bonds is 1. The predicted octanol–water partition coefficient (Wildman–Crippen LogP) is 4.90. The van der Waals surface area contributed by atoms with Crippen molar-refractivity contribution in [3.63, 3.8) is 0 Å². The molecule has 0 radical (unpaired) electrons. The molecule has 1 saturated heterocycles. The average molecular weight is 357 g/mol. The molecule has 3 atom stereocenters. The van der Waals surface area contributed by atoms with Crippen LogP contribution in [0, 0.1) is 23.7 Å². The quantitative estimate of drug-likeness (QED) is 0.622. The summed E-state index contributed by atoms with van der Waals surface area (Å²) in [7, 11) is 0. The first kappa shape index (κ1) is 15.0. The highest BCUT2D eigenvalue weighted by Crippen LogP contribution is 2.51. The first-order valence-electron chi connectivity index (χ1n) is 9.16. The minimum Gasteiger partial charge on any atom is -0.348 e. The summed E-state index contributed by atoms with van der Waals surface area (Å²) >= 11 is 3.80. The van der Waals surface area contributed by atoms with Gasteiger partial charge < -0.3 is 9.47 Å². The monoisotopic (exact) mass is 356 g/mol. The van der Waals surface area contributed by atoms with Crippen LogP contribution in [0.3, 0.4) is 0 Å². The van der Waals surface area contributed by atoms with E-state index < -0.39 is 0 Å². The van der Waals surface area contributed by atoms with E-state index >= 15 is 0 Å². The standard InChI is InChI=1S/C18H29BrO2/c19-17-5-3-13(4-6-17)14-1-2-16-12-18(20-9-10-21-18)8-7-15(16)11-14/h13-17H,1-12H2. The maximum Gasteiger partial charge on any atom is 0.168 e. The van der Waals surface area contributed by atoms with Crippen molar-refractivity contribution in [3.8, 4) is 0 Å². The van der Waals surface area contributed by atoms with Crippen molar-refractivity contribution < 1.29 is 9.47 Å². The molecule has 3 aliphatic carbocycles. The fourth-order valence-electron chi connectivity index (χ4n) is 5.63. The largest absolute Gasteiger partial charge is 0.348 e. The van der Waals surface area contributed by atoms with Crippen molar-refractivity contribution in [1.29, 1.82) is 0 Å². The summed E-state index contributed by atoms with van der Waals surface area (Å²) in [6, 6.07) is 0. The zero-order valence-electron chi connectivity index (χ0n) is 13.1. The molecular formula is C18H29BrO2. The van der Waals surface area contributed by atoms with E-state index in [1.165, 1.54) is 57.8 Å². The lowest BCUT2D eigenvalue weighted by Gasteiger charge is -2.47. The second-order valence-corrected chi connectivity index (χ2v) is 9.25. The fraction of sp³-hybridized carbons (Fsp3) is 1.00. The molecule has 0 aromatic heterocycles. The van der Waals surface area contributed by atoms with Gasteiger partial charge in [0.1, 0.15) is 0 Å². The Kier molecular flexibility index (Phi) is 4.36. The topological polar surface area (TPSA) is 18.5 Å². The van der Waals surface area contributed by atoms with Crippen LogP contribution in [0.4, 0.5) is 0 Å². The second kappa shape index (κ2) is 6.13. The van der Waals surface area contributed by atoms with Crippen LogP contribution in [0.15, 0.2) is 0 Å². The van der Waals surface area contributed by atoms with E-state index in [2.05, 4.69) is 15.9 Å². The molecule has 4 rings (SSSR count). The molecule has 0 amide bonds. The summed E-state index contributed by atoms with van der Waals surface area (Å²) < 4.78 is 11.9. The van der Waals surface area contributed by atoms with Gasteiger partial charge in [0.25, 0.3) is 0 Å². The molecule has 21 heavy (non-hydrogen) atoms. The maximum absolute atomic E-state index is 5.96. The van der Waals surface area contributed by atoms with Crippen LogP contribution in [-0.2, 0) is 9.47 Å². The summed E-state index contributed by atoms with van der Waals surface area (Å²) in [4.78, 5) is 0.802. The molecule has 1 spiro atoms. The van der Waals surface area contributed by atoms with Crippen molar-refractivity contribution in [1.82, 2.24) is 0 Å². The van der Waals surface area contributed by atoms with Crippen LogP contribution in [0.25, 0.3) is 0 Å². The van der Waals surface area contributed by atoms with Crippen molar-refractivity contribution >= 4 is 15.9 Å². The van der Waals surface area contributed by atoms with Gasteiger partial charge in [0.05, 0.1) is 13.2 Å². The number of alkyl halides is 1. The van der Waals surface area contributed by atoms with Crippen molar-refractivity contribution in [3.05, 3.63) is 0 Å². The lowest BCUT2D eigenvalue weighted by Crippen LogP contribution is -2.43. The normalized spacial score (nSPS) is 46.4. The van der Waals surface area contributed by atoms with E-state index in [9.17, 15) is 0 Å². The van der Waals surface area contributed by atoms with E-state index in [0.717, 1.165) is 48.1 Å². The van der Waals surface area contributed by atoms with E-state index in [4.69, 9.17) is 9.47 Å². The van der Waals surface area contributed by atoms with Gasteiger partial charge in [-0.3, -0.25) is 0 Å². The van der Waals surface area contributed by atoms with Gasteiger partial charge in [0, 0.05) is 17.7 Å². The zero-order chi connectivity index (χ0) is 14.3. The molecule has 3 heteroatoms. The highest BCUT2D eigenvalue weighted by molar-refractivity contribution is 9.09. The van der Waals surface area contributed by atoms with E-state index in [1.54, 1.807) is 0 Å². The Morgan fingerprint density at radius 2 is 1.33 bits per heavy atom. The van der Waals surface area contributed by atoms with Gasteiger partial charge in [-0.25, -0.2) is 0 Å². The van der Waals surface area contributed by atoms with Crippen molar-refractivity contribution in [2.75, 3.05) is 13.2 Å². The summed E-state index contributed by atoms with van der Waals surface area (Å²) in [6.45, 7) is 1.63. The molecule has 0 aromatic rings. The van der Waals surface area contributed by atoms with Crippen LogP contribution in [-0.4, -0.2) is 23.8 Å². The number of ether oxygens (including phenoxy) is 2. The first-order chi connectivity index (χ1) is 10.2. The van der Waals surface area contributed by atoms with E-state index in [0.29, 0.717) is 0 Å². The Hall–Kier alpha value is 0.400. The molecule has 0 bridgehead atoms. The molecule has 4 aliphatic rings. The van der Waals surface area contributed by atoms with Crippen molar-refractivity contribution in [2.45, 2.75) is 74.8 Å². The number of fused-ring (bicyclic) bond motifs is 1. The molecule has 0 N–H and O–H groups in total. The maximum atomic E-state index is 5.96. The third-order valence-corrected chi connectivity index (χ3v) is 7.75. The summed E-state index contributed by atoms with van der Waals surface area (Å²) in [5.41, 5.74) is 0. The van der Waals surface area contributed by atoms with Crippen molar-refractivity contribution in [2.24, 2.45) is 23.7 Å². The van der Waals surface area contributed by atoms with Gasteiger partial charge in [0.15, 0.2) is 5.79 Å². The number of halogens is 1. The minimum atomic E-state index is -0.165. The Morgan fingerprint density at radius 1 is 0.714 bits per heavy atom. The van der Waals surface area contributed by atoms with Gasteiger partial charge in [-0.1, -0.05) is 15.9 Å². The molecular weight excluding hydrogens is 328 g/mol. The molecule has 1 heterocycles. The van der Waals surface area contributed by atoms with Crippen LogP contribution in [0.5, 0.6) is 0 Å². The Balaban J connectivity index is 1.34. The minimum absolute atomic E-state index is 0.165. The second-order valence-electron chi connectivity index (χ2n) is 7.96. The van der Waals surface area contributed by atoms with Crippen LogP contribution in [0.2, 0.25) is 0 Å². The number of hydrogen-bond acceptors (Lipinski definition) is 2. The summed E-state index contributed by atoms with van der Waals surface area (Å²) in [5, 5.41) is 0. The molecule has 120 valence electrons. The SMILES string of the molecule is BrC1CCC(C2CCC3CC4(CCC3C2)OCCO4)CC1. The van der Waals surface area contributed by atoms with E-state index in [-0.39, 0.29) is 5.79 Å². The fourth-order valence-corrected chi connectivity index (χ4v) is 6.16. The zero-order valence-corrected chi connectivity index (χ0v) is 14.7. The molecule has 1 aliphatic heterocycles. The van der Waals surface area contributed by atoms with Gasteiger partial charge in [-0.2, -0.15) is 0 Å². The third-order valence-electron chi connectivity index (χ3n) is 6.83. The van der Waals surface area contributed by atoms with Crippen LogP contribution in [0.1, 0.15) is 64.2 Å². The Labute approximate surface area is 137 Å². The smallest absolute Gasteiger partial charge is 0.168 e. The lowest BCUT2D eigenvalue weighted by atomic mass is 9.62. The summed E-state index contributed by atoms with van der Waals surface area (Å²) in [5.74, 6) is 3.71. The third kappa shape index (κ3) is 3.07. The highest BCUT2D eigenvalue weighted by atomic mass is 79.9. The lowest BCUT2D eigenvalue weighted by molar-refractivity contribution is -0.200. The van der Waals surface area contributed by atoms with Gasteiger partial charge in [0.2, 0.25) is 0 Å². The molecule has 2 nitrogen and oxygen atoms in total. The molecule has 3 unspecified atom stereocenters. The summed E-state index contributed by atoms with van der Waals surface area (Å²) in [6.07, 6.45) is 13.8. The number of hydrogen-bond donors (Lipinski definition) is 0. The Bertz CT molecular complexity index is 358. The van der Waals surface area contributed by atoms with Gasteiger partial charge in [-0.15, -0.1) is 0 Å². The van der Waals surface area contributed by atoms with Crippen LogP contribution >= 0.6 is 15.9 Å². The first-order valence-corrected chi connectivity index (χ1v) is 10.1. The average Bonchev–Trinajstić information content (AvgIpc) is 2.96. The molecule has 3 saturated carbocycles. The highest BCUT2D eigenvalue weighted by Gasteiger charge is 2.47. The van der Waals surface area contributed by atoms with Crippen LogP contribution < -0.4 is 0 Å². The van der Waals surface area contributed by atoms with Gasteiger partial charge in [-0.05, 0) is 75.0 Å². The predicted molar refractivity (Wildman–Crippen MR) is 87.5 cm³/mol. The van der Waals surface area contributed by atoms with Gasteiger partial charge >= 0.3 is 0 Å². The van der Waals surface area contributed by atoms with E-state index in [1.807, 2.05) is 0 Å². The Morgan fingerprint density at radius 3 is 2.10 bits per heavy atom.